The number of hydrogen-bond acceptors (Lipinski definition) is 3. The maximum absolute atomic E-state index is 13.1. The molecule has 1 heterocycles. The molecule has 0 aliphatic heterocycles. The lowest BCUT2D eigenvalue weighted by molar-refractivity contribution is 0.579. The Morgan fingerprint density at radius 1 is 1.13 bits per heavy atom. The molecule has 0 saturated carbocycles. The highest BCUT2D eigenvalue weighted by atomic mass is 32.2. The normalized spacial score (nSPS) is 11.7. The predicted octanol–water partition coefficient (Wildman–Crippen LogP) is 3.16. The van der Waals surface area contributed by atoms with Gasteiger partial charge in [-0.25, -0.2) is 17.5 Å². The van der Waals surface area contributed by atoms with Gasteiger partial charge >= 0.3 is 0 Å². The fourth-order valence-electron chi connectivity index (χ4n) is 2.47. The van der Waals surface area contributed by atoms with Gasteiger partial charge in [0, 0.05) is 18.1 Å². The lowest BCUT2D eigenvalue weighted by atomic mass is 10.1. The first-order valence-electron chi connectivity index (χ1n) is 7.06. The number of pyridine rings is 1. The van der Waals surface area contributed by atoms with Gasteiger partial charge in [-0.2, -0.15) is 0 Å². The minimum absolute atomic E-state index is 0.0808. The molecule has 0 fully saturated rings. The summed E-state index contributed by atoms with van der Waals surface area (Å²) in [7, 11) is -3.71. The van der Waals surface area contributed by atoms with E-state index in [0.717, 1.165) is 22.5 Å². The highest BCUT2D eigenvalue weighted by Crippen LogP contribution is 2.19. The van der Waals surface area contributed by atoms with Crippen LogP contribution < -0.4 is 4.72 Å². The second-order valence-corrected chi connectivity index (χ2v) is 6.96. The fraction of sp³-hybridized carbons (Fsp3) is 0.118. The Morgan fingerprint density at radius 3 is 2.70 bits per heavy atom. The molecule has 4 nitrogen and oxygen atoms in total. The Bertz CT molecular complexity index is 966. The second kappa shape index (κ2) is 6.06. The number of aromatic nitrogens is 1. The van der Waals surface area contributed by atoms with Gasteiger partial charge in [0.15, 0.2) is 0 Å². The fourth-order valence-corrected chi connectivity index (χ4v) is 3.71. The average molecular weight is 330 g/mol. The molecule has 2 aromatic carbocycles. The van der Waals surface area contributed by atoms with Crippen LogP contribution in [-0.4, -0.2) is 13.4 Å². The van der Waals surface area contributed by atoms with E-state index in [0.29, 0.717) is 5.56 Å². The van der Waals surface area contributed by atoms with Crippen molar-refractivity contribution in [3.05, 3.63) is 71.7 Å². The monoisotopic (exact) mass is 330 g/mol. The van der Waals surface area contributed by atoms with Gasteiger partial charge in [-0.3, -0.25) is 4.98 Å². The summed E-state index contributed by atoms with van der Waals surface area (Å²) < 4.78 is 40.6. The Labute approximate surface area is 134 Å². The smallest absolute Gasteiger partial charge is 0.241 e. The van der Waals surface area contributed by atoms with Crippen LogP contribution >= 0.6 is 0 Å². The first kappa shape index (κ1) is 15.6. The molecule has 0 saturated heterocycles. The Morgan fingerprint density at radius 2 is 1.91 bits per heavy atom. The summed E-state index contributed by atoms with van der Waals surface area (Å²) in [5.41, 5.74) is 2.01. The zero-order chi connectivity index (χ0) is 16.4. The van der Waals surface area contributed by atoms with Gasteiger partial charge in [-0.15, -0.1) is 0 Å². The van der Waals surface area contributed by atoms with E-state index >= 15 is 0 Å². The number of rotatable bonds is 4. The number of para-hydroxylation sites is 1. The lowest BCUT2D eigenvalue weighted by Gasteiger charge is -2.11. The summed E-state index contributed by atoms with van der Waals surface area (Å²) >= 11 is 0. The highest BCUT2D eigenvalue weighted by Gasteiger charge is 2.17. The molecule has 0 spiro atoms. The summed E-state index contributed by atoms with van der Waals surface area (Å²) in [5.74, 6) is -0.457. The molecule has 3 aromatic rings. The lowest BCUT2D eigenvalue weighted by Crippen LogP contribution is -2.24. The summed E-state index contributed by atoms with van der Waals surface area (Å²) in [6, 6.07) is 12.9. The van der Waals surface area contributed by atoms with Crippen LogP contribution in [0.2, 0.25) is 0 Å². The van der Waals surface area contributed by atoms with Crippen molar-refractivity contribution in [3.8, 4) is 0 Å². The maximum Gasteiger partial charge on any atom is 0.241 e. The minimum Gasteiger partial charge on any atom is -0.256 e. The zero-order valence-electron chi connectivity index (χ0n) is 12.5. The van der Waals surface area contributed by atoms with Crippen molar-refractivity contribution < 1.29 is 12.8 Å². The number of sulfonamides is 1. The first-order valence-corrected chi connectivity index (χ1v) is 8.54. The topological polar surface area (TPSA) is 59.1 Å². The number of nitrogens with one attached hydrogen (secondary N) is 1. The maximum atomic E-state index is 13.1. The first-order chi connectivity index (χ1) is 11.0. The van der Waals surface area contributed by atoms with Crippen LogP contribution in [0.1, 0.15) is 11.1 Å². The number of fused-ring (bicyclic) bond motifs is 1. The number of benzene rings is 2. The standard InChI is InChI=1S/C17H15FN2O2S/c1-12-10-14(18)6-7-17(12)23(21,22)20-11-13-8-9-19-16-5-3-2-4-15(13)16/h2-10,20H,11H2,1H3. The summed E-state index contributed by atoms with van der Waals surface area (Å²) in [4.78, 5) is 4.33. The van der Waals surface area contributed by atoms with E-state index in [1.807, 2.05) is 24.3 Å². The third-order valence-corrected chi connectivity index (χ3v) is 5.18. The minimum atomic E-state index is -3.71. The van der Waals surface area contributed by atoms with Gasteiger partial charge in [0.2, 0.25) is 10.0 Å². The van der Waals surface area contributed by atoms with Crippen LogP contribution in [0.4, 0.5) is 4.39 Å². The van der Waals surface area contributed by atoms with Crippen molar-refractivity contribution in [1.29, 1.82) is 0 Å². The molecule has 6 heteroatoms. The molecule has 1 aromatic heterocycles. The highest BCUT2D eigenvalue weighted by molar-refractivity contribution is 7.89. The van der Waals surface area contributed by atoms with Crippen molar-refractivity contribution in [3.63, 3.8) is 0 Å². The zero-order valence-corrected chi connectivity index (χ0v) is 13.3. The van der Waals surface area contributed by atoms with E-state index in [9.17, 15) is 12.8 Å². The van der Waals surface area contributed by atoms with Crippen LogP contribution in [-0.2, 0) is 16.6 Å². The molecule has 0 atom stereocenters. The third kappa shape index (κ3) is 3.23. The Kier molecular flexibility index (Phi) is 4.11. The van der Waals surface area contributed by atoms with Crippen LogP contribution in [0.5, 0.6) is 0 Å². The molecule has 0 radical (unpaired) electrons. The summed E-state index contributed by atoms with van der Waals surface area (Å²) in [5, 5.41) is 0.897. The molecule has 1 N–H and O–H groups in total. The van der Waals surface area contributed by atoms with Gasteiger partial charge in [-0.1, -0.05) is 18.2 Å². The van der Waals surface area contributed by atoms with Crippen molar-refractivity contribution in [1.82, 2.24) is 9.71 Å². The molecule has 0 bridgehead atoms. The van der Waals surface area contributed by atoms with E-state index in [4.69, 9.17) is 0 Å². The SMILES string of the molecule is Cc1cc(F)ccc1S(=O)(=O)NCc1ccnc2ccccc12. The third-order valence-electron chi connectivity index (χ3n) is 3.62. The number of aryl methyl sites for hydroxylation is 1. The van der Waals surface area contributed by atoms with Crippen molar-refractivity contribution in [2.24, 2.45) is 0 Å². The van der Waals surface area contributed by atoms with Gasteiger partial charge in [0.1, 0.15) is 5.82 Å². The molecule has 0 aliphatic carbocycles. The van der Waals surface area contributed by atoms with Crippen LogP contribution in [0, 0.1) is 12.7 Å². The molecular weight excluding hydrogens is 315 g/mol. The summed E-state index contributed by atoms with van der Waals surface area (Å²) in [6.45, 7) is 1.71. The van der Waals surface area contributed by atoms with Crippen molar-refractivity contribution >= 4 is 20.9 Å². The molecule has 0 amide bonds. The Balaban J connectivity index is 1.89. The van der Waals surface area contributed by atoms with Gasteiger partial charge in [0.25, 0.3) is 0 Å². The number of halogens is 1. The van der Waals surface area contributed by atoms with E-state index in [2.05, 4.69) is 9.71 Å². The van der Waals surface area contributed by atoms with Crippen molar-refractivity contribution in [2.75, 3.05) is 0 Å². The van der Waals surface area contributed by atoms with E-state index in [-0.39, 0.29) is 11.4 Å². The number of nitrogens with zero attached hydrogens (tertiary/aromatic N) is 1. The Hall–Kier alpha value is -2.31. The molecule has 23 heavy (non-hydrogen) atoms. The van der Waals surface area contributed by atoms with E-state index < -0.39 is 15.8 Å². The van der Waals surface area contributed by atoms with E-state index in [1.54, 1.807) is 19.2 Å². The second-order valence-electron chi connectivity index (χ2n) is 5.22. The van der Waals surface area contributed by atoms with Crippen LogP contribution in [0.3, 0.4) is 0 Å². The quantitative estimate of drug-likeness (QED) is 0.799. The largest absolute Gasteiger partial charge is 0.256 e. The van der Waals surface area contributed by atoms with E-state index in [1.165, 1.54) is 12.1 Å². The molecule has 0 aliphatic rings. The van der Waals surface area contributed by atoms with Crippen molar-refractivity contribution in [2.45, 2.75) is 18.4 Å². The average Bonchev–Trinajstić information content (AvgIpc) is 2.52. The van der Waals surface area contributed by atoms with Gasteiger partial charge in [0.05, 0.1) is 10.4 Å². The molecule has 118 valence electrons. The number of hydrogen-bond donors (Lipinski definition) is 1. The van der Waals surface area contributed by atoms with Gasteiger partial charge < -0.3 is 0 Å². The summed E-state index contributed by atoms with van der Waals surface area (Å²) in [6.07, 6.45) is 1.65. The van der Waals surface area contributed by atoms with Gasteiger partial charge in [-0.05, 0) is 48.4 Å². The van der Waals surface area contributed by atoms with Crippen LogP contribution in [0.15, 0.2) is 59.6 Å². The van der Waals surface area contributed by atoms with Crippen LogP contribution in [0.25, 0.3) is 10.9 Å². The molecular formula is C17H15FN2O2S. The predicted molar refractivity (Wildman–Crippen MR) is 86.9 cm³/mol. The molecule has 0 unspecified atom stereocenters. The molecule has 3 rings (SSSR count).